The van der Waals surface area contributed by atoms with Crippen molar-refractivity contribution in [2.24, 2.45) is 0 Å². The van der Waals surface area contributed by atoms with Gasteiger partial charge in [0.1, 0.15) is 6.10 Å². The van der Waals surface area contributed by atoms with Gasteiger partial charge in [0, 0.05) is 12.8 Å². The number of nitrogens with one attached hydrogen (secondary N) is 1. The van der Waals surface area contributed by atoms with Crippen LogP contribution in [0.15, 0.2) is 109 Å². The van der Waals surface area contributed by atoms with Crippen LogP contribution in [0.2, 0.25) is 0 Å². The van der Waals surface area contributed by atoms with Gasteiger partial charge in [0.15, 0.2) is 0 Å². The summed E-state index contributed by atoms with van der Waals surface area (Å²) in [6.45, 7) is 6.21. The number of hydrogen-bond acceptors (Lipinski definition) is 5. The molecule has 0 spiro atoms. The summed E-state index contributed by atoms with van der Waals surface area (Å²) in [7, 11) is 0. The number of amides is 1. The number of aliphatic hydroxyl groups excluding tert-OH is 2. The van der Waals surface area contributed by atoms with Crippen molar-refractivity contribution in [2.75, 3.05) is 6.61 Å². The molecule has 0 aliphatic rings. The number of aliphatic hydroxyl groups is 2. The number of ether oxygens (including phenoxy) is 1. The van der Waals surface area contributed by atoms with E-state index in [4.69, 9.17) is 4.74 Å². The van der Waals surface area contributed by atoms with Crippen molar-refractivity contribution >= 4 is 11.9 Å². The monoisotopic (exact) mass is 790 g/mol. The molecule has 0 aromatic rings. The zero-order valence-electron chi connectivity index (χ0n) is 36.4. The van der Waals surface area contributed by atoms with Crippen molar-refractivity contribution in [1.29, 1.82) is 0 Å². The Bertz CT molecular complexity index is 1200. The van der Waals surface area contributed by atoms with E-state index in [1.807, 2.05) is 54.7 Å². The molecule has 3 unspecified atom stereocenters. The topological polar surface area (TPSA) is 95.9 Å². The third kappa shape index (κ3) is 39.1. The van der Waals surface area contributed by atoms with Crippen LogP contribution < -0.4 is 5.32 Å². The fraction of sp³-hybridized carbons (Fsp3) is 0.608. The van der Waals surface area contributed by atoms with Gasteiger partial charge in [0.25, 0.3) is 0 Å². The summed E-state index contributed by atoms with van der Waals surface area (Å²) in [5.41, 5.74) is 0. The average molecular weight is 790 g/mol. The van der Waals surface area contributed by atoms with E-state index >= 15 is 0 Å². The van der Waals surface area contributed by atoms with Crippen molar-refractivity contribution in [2.45, 2.75) is 193 Å². The second-order valence-corrected chi connectivity index (χ2v) is 14.8. The summed E-state index contributed by atoms with van der Waals surface area (Å²) in [5.74, 6) is -0.690. The number of carbonyl (C=O) groups is 2. The minimum Gasteiger partial charge on any atom is -0.461 e. The Hall–Kier alpha value is -3.48. The number of esters is 1. The number of rotatable bonds is 38. The lowest BCUT2D eigenvalue weighted by molar-refractivity contribution is -0.150. The molecule has 6 heteroatoms. The Kier molecular flexibility index (Phi) is 41.0. The fourth-order valence-corrected chi connectivity index (χ4v) is 6.03. The standard InChI is InChI=1S/C51H83NO5/c1-4-7-10-13-16-19-22-23-24-25-26-27-29-32-35-38-41-44-51(56)57-47(42-39-36-33-30-28-20-17-14-11-8-5-2)45-50(55)52-48(46-53)49(54)43-40-37-34-31-21-18-15-12-9-6-3/h8,11,14,16-17,19-20,23-24,26-28,30,32-33,35-36,39,47-49,53-54H,4-7,9-10,12-13,15,18,21-22,25,29,31,34,37-38,40-46H2,1-3H3,(H,52,55)/b11-8+,17-14+,19-16-,24-23-,27-26-,28-20-,33-30-,35-32-,39-36+. The summed E-state index contributed by atoms with van der Waals surface area (Å²) >= 11 is 0. The molecule has 0 rings (SSSR count). The van der Waals surface area contributed by atoms with Crippen molar-refractivity contribution in [3.8, 4) is 0 Å². The van der Waals surface area contributed by atoms with E-state index < -0.39 is 18.2 Å². The van der Waals surface area contributed by atoms with Crippen LogP contribution in [0.3, 0.4) is 0 Å². The molecule has 322 valence electrons. The van der Waals surface area contributed by atoms with Gasteiger partial charge >= 0.3 is 5.97 Å². The van der Waals surface area contributed by atoms with E-state index in [-0.39, 0.29) is 31.3 Å². The van der Waals surface area contributed by atoms with E-state index in [0.29, 0.717) is 19.3 Å². The SMILES string of the molecule is CC/C=C/C=C/C=C\C=C/C=C/CC(CC(=O)NC(CO)C(O)CCCCCCCCCCCC)OC(=O)CCC/C=C\C/C=C\C/C=C\C/C=C\CCCCC. The van der Waals surface area contributed by atoms with Gasteiger partial charge in [-0.15, -0.1) is 0 Å². The number of unbranched alkanes of at least 4 members (excludes halogenated alkanes) is 13. The third-order valence-corrected chi connectivity index (χ3v) is 9.47. The van der Waals surface area contributed by atoms with Gasteiger partial charge in [-0.25, -0.2) is 0 Å². The number of allylic oxidation sites excluding steroid dienone is 17. The second kappa shape index (κ2) is 43.6. The molecule has 1 amide bonds. The number of carbonyl (C=O) groups excluding carboxylic acids is 2. The Labute approximate surface area is 349 Å². The number of hydrogen-bond donors (Lipinski definition) is 3. The highest BCUT2D eigenvalue weighted by atomic mass is 16.5. The van der Waals surface area contributed by atoms with E-state index in [9.17, 15) is 19.8 Å². The van der Waals surface area contributed by atoms with Crippen LogP contribution >= 0.6 is 0 Å². The van der Waals surface area contributed by atoms with Crippen molar-refractivity contribution in [1.82, 2.24) is 5.32 Å². The normalized spacial score (nSPS) is 14.4. The first-order valence-electron chi connectivity index (χ1n) is 22.7. The molecule has 0 aromatic heterocycles. The summed E-state index contributed by atoms with van der Waals surface area (Å²) in [6.07, 6.45) is 58.9. The maximum Gasteiger partial charge on any atom is 0.306 e. The zero-order valence-corrected chi connectivity index (χ0v) is 36.4. The molecule has 0 aliphatic carbocycles. The molecular weight excluding hydrogens is 707 g/mol. The first-order chi connectivity index (χ1) is 28.0. The lowest BCUT2D eigenvalue weighted by Gasteiger charge is -2.24. The Morgan fingerprint density at radius 2 is 1.04 bits per heavy atom. The lowest BCUT2D eigenvalue weighted by Crippen LogP contribution is -2.46. The van der Waals surface area contributed by atoms with Gasteiger partial charge in [0.05, 0.1) is 25.2 Å². The van der Waals surface area contributed by atoms with Gasteiger partial charge in [-0.2, -0.15) is 0 Å². The van der Waals surface area contributed by atoms with Crippen molar-refractivity contribution < 1.29 is 24.5 Å². The molecule has 0 bridgehead atoms. The van der Waals surface area contributed by atoms with Gasteiger partial charge in [-0.3, -0.25) is 9.59 Å². The molecule has 0 radical (unpaired) electrons. The predicted molar refractivity (Wildman–Crippen MR) is 245 cm³/mol. The summed E-state index contributed by atoms with van der Waals surface area (Å²) in [5, 5.41) is 23.5. The minimum absolute atomic E-state index is 0.0472. The first-order valence-corrected chi connectivity index (χ1v) is 22.7. The Morgan fingerprint density at radius 1 is 0.561 bits per heavy atom. The summed E-state index contributed by atoms with van der Waals surface area (Å²) in [4.78, 5) is 25.9. The Balaban J connectivity index is 4.83. The largest absolute Gasteiger partial charge is 0.461 e. The van der Waals surface area contributed by atoms with E-state index in [1.54, 1.807) is 0 Å². The molecule has 0 aromatic carbocycles. The van der Waals surface area contributed by atoms with E-state index in [2.05, 4.69) is 80.8 Å². The molecule has 3 atom stereocenters. The highest BCUT2D eigenvalue weighted by Crippen LogP contribution is 2.14. The highest BCUT2D eigenvalue weighted by molar-refractivity contribution is 5.77. The molecule has 0 saturated heterocycles. The molecule has 3 N–H and O–H groups in total. The molecule has 0 aliphatic heterocycles. The predicted octanol–water partition coefficient (Wildman–Crippen LogP) is 13.2. The van der Waals surface area contributed by atoms with Crippen LogP contribution in [0, 0.1) is 0 Å². The second-order valence-electron chi connectivity index (χ2n) is 14.8. The third-order valence-electron chi connectivity index (χ3n) is 9.47. The maximum absolute atomic E-state index is 13.1. The van der Waals surface area contributed by atoms with E-state index in [0.717, 1.165) is 51.4 Å². The van der Waals surface area contributed by atoms with Gasteiger partial charge in [-0.05, 0) is 57.8 Å². The molecular formula is C51H83NO5. The molecule has 6 nitrogen and oxygen atoms in total. The van der Waals surface area contributed by atoms with Crippen molar-refractivity contribution in [3.63, 3.8) is 0 Å². The van der Waals surface area contributed by atoms with Crippen LogP contribution in [0.1, 0.15) is 175 Å². The summed E-state index contributed by atoms with van der Waals surface area (Å²) in [6, 6.07) is -0.755. The fourth-order valence-electron chi connectivity index (χ4n) is 6.03. The van der Waals surface area contributed by atoms with Crippen LogP contribution in [-0.2, 0) is 14.3 Å². The van der Waals surface area contributed by atoms with Gasteiger partial charge < -0.3 is 20.3 Å². The van der Waals surface area contributed by atoms with Crippen LogP contribution in [0.4, 0.5) is 0 Å². The van der Waals surface area contributed by atoms with Crippen LogP contribution in [-0.4, -0.2) is 46.9 Å². The lowest BCUT2D eigenvalue weighted by atomic mass is 10.0. The molecule has 0 saturated carbocycles. The molecule has 0 heterocycles. The average Bonchev–Trinajstić information content (AvgIpc) is 3.20. The van der Waals surface area contributed by atoms with Gasteiger partial charge in [0.2, 0.25) is 5.91 Å². The molecule has 0 fully saturated rings. The zero-order chi connectivity index (χ0) is 41.7. The smallest absolute Gasteiger partial charge is 0.306 e. The highest BCUT2D eigenvalue weighted by Gasteiger charge is 2.23. The maximum atomic E-state index is 13.1. The quantitative estimate of drug-likeness (QED) is 0.0251. The van der Waals surface area contributed by atoms with Gasteiger partial charge in [-0.1, -0.05) is 207 Å². The van der Waals surface area contributed by atoms with E-state index in [1.165, 1.54) is 70.6 Å². The summed E-state index contributed by atoms with van der Waals surface area (Å²) < 4.78 is 5.78. The first kappa shape index (κ1) is 53.5. The van der Waals surface area contributed by atoms with Crippen LogP contribution in [0.5, 0.6) is 0 Å². The Morgan fingerprint density at radius 3 is 1.58 bits per heavy atom. The molecule has 57 heavy (non-hydrogen) atoms. The minimum atomic E-state index is -0.831. The van der Waals surface area contributed by atoms with Crippen LogP contribution in [0.25, 0.3) is 0 Å². The van der Waals surface area contributed by atoms with Crippen molar-refractivity contribution in [3.05, 3.63) is 109 Å².